The SMILES string of the molecule is C=CCN(c1ccc(Cl)cc1)S(=O)(=O)c1ccc(Cl)c(C(=O)NCCC(C)C)c1. The van der Waals surface area contributed by atoms with Crippen LogP contribution >= 0.6 is 23.2 Å². The number of benzene rings is 2. The maximum atomic E-state index is 13.3. The summed E-state index contributed by atoms with van der Waals surface area (Å²) >= 11 is 12.1. The average Bonchev–Trinajstić information content (AvgIpc) is 2.66. The molecule has 0 atom stereocenters. The predicted molar refractivity (Wildman–Crippen MR) is 119 cm³/mol. The number of anilines is 1. The Kier molecular flexibility index (Phi) is 8.14. The summed E-state index contributed by atoms with van der Waals surface area (Å²) in [5, 5.41) is 3.46. The number of amides is 1. The highest BCUT2D eigenvalue weighted by Crippen LogP contribution is 2.27. The standard InChI is InChI=1S/C21H24Cl2N2O3S/c1-4-13-25(17-7-5-16(22)6-8-17)29(27,28)18-9-10-20(23)19(14-18)21(26)24-12-11-15(2)3/h4-10,14-15H,1,11-13H2,2-3H3,(H,24,26). The van der Waals surface area contributed by atoms with Crippen LogP contribution in [0.15, 0.2) is 60.0 Å². The lowest BCUT2D eigenvalue weighted by Gasteiger charge is -2.23. The first-order valence-electron chi connectivity index (χ1n) is 9.13. The number of carbonyl (C=O) groups is 1. The third-order valence-electron chi connectivity index (χ3n) is 4.19. The molecule has 0 aliphatic heterocycles. The normalized spacial score (nSPS) is 11.3. The van der Waals surface area contributed by atoms with Crippen LogP contribution in [0.2, 0.25) is 10.0 Å². The molecule has 0 radical (unpaired) electrons. The van der Waals surface area contributed by atoms with Gasteiger partial charge in [-0.3, -0.25) is 9.10 Å². The molecule has 0 spiro atoms. The highest BCUT2D eigenvalue weighted by Gasteiger charge is 2.26. The molecule has 1 amide bonds. The first-order valence-corrected chi connectivity index (χ1v) is 11.3. The maximum absolute atomic E-state index is 13.3. The van der Waals surface area contributed by atoms with Crippen LogP contribution in [-0.4, -0.2) is 27.4 Å². The Labute approximate surface area is 182 Å². The van der Waals surface area contributed by atoms with Crippen LogP contribution in [0.5, 0.6) is 0 Å². The van der Waals surface area contributed by atoms with E-state index < -0.39 is 15.9 Å². The third kappa shape index (κ3) is 5.98. The zero-order chi connectivity index (χ0) is 21.6. The van der Waals surface area contributed by atoms with Gasteiger partial charge in [0, 0.05) is 11.6 Å². The molecule has 0 heterocycles. The topological polar surface area (TPSA) is 66.5 Å². The summed E-state index contributed by atoms with van der Waals surface area (Å²) in [6.45, 7) is 8.29. The number of carbonyl (C=O) groups excluding carboxylic acids is 1. The van der Waals surface area contributed by atoms with Crippen molar-refractivity contribution in [2.45, 2.75) is 25.2 Å². The molecule has 0 aliphatic carbocycles. The van der Waals surface area contributed by atoms with E-state index in [1.54, 1.807) is 24.3 Å². The number of halogens is 2. The average molecular weight is 455 g/mol. The molecule has 2 rings (SSSR count). The van der Waals surface area contributed by atoms with E-state index in [1.807, 2.05) is 0 Å². The smallest absolute Gasteiger partial charge is 0.264 e. The molecule has 2 aromatic carbocycles. The molecule has 0 fully saturated rings. The molecule has 5 nitrogen and oxygen atoms in total. The van der Waals surface area contributed by atoms with Gasteiger partial charge in [0.25, 0.3) is 15.9 Å². The lowest BCUT2D eigenvalue weighted by Crippen LogP contribution is -2.31. The fourth-order valence-corrected chi connectivity index (χ4v) is 4.39. The fourth-order valence-electron chi connectivity index (χ4n) is 2.60. The summed E-state index contributed by atoms with van der Waals surface area (Å²) in [7, 11) is -3.96. The monoisotopic (exact) mass is 454 g/mol. The van der Waals surface area contributed by atoms with Gasteiger partial charge in [-0.05, 0) is 54.8 Å². The lowest BCUT2D eigenvalue weighted by atomic mass is 10.1. The van der Waals surface area contributed by atoms with Crippen molar-refractivity contribution >= 4 is 44.8 Å². The molecule has 0 bridgehead atoms. The van der Waals surface area contributed by atoms with Gasteiger partial charge in [-0.25, -0.2) is 8.42 Å². The molecule has 0 unspecified atom stereocenters. The van der Waals surface area contributed by atoms with Crippen LogP contribution in [-0.2, 0) is 10.0 Å². The van der Waals surface area contributed by atoms with Crippen molar-refractivity contribution in [2.75, 3.05) is 17.4 Å². The van der Waals surface area contributed by atoms with E-state index >= 15 is 0 Å². The summed E-state index contributed by atoms with van der Waals surface area (Å²) in [5.74, 6) is 0.0267. The zero-order valence-corrected chi connectivity index (χ0v) is 18.7. The Morgan fingerprint density at radius 1 is 1.17 bits per heavy atom. The van der Waals surface area contributed by atoms with Crippen molar-refractivity contribution in [3.63, 3.8) is 0 Å². The highest BCUT2D eigenvalue weighted by molar-refractivity contribution is 7.92. The van der Waals surface area contributed by atoms with Gasteiger partial charge < -0.3 is 5.32 Å². The largest absolute Gasteiger partial charge is 0.352 e. The van der Waals surface area contributed by atoms with Crippen LogP contribution in [0.1, 0.15) is 30.6 Å². The van der Waals surface area contributed by atoms with Crippen LogP contribution in [0.3, 0.4) is 0 Å². The van der Waals surface area contributed by atoms with Gasteiger partial charge >= 0.3 is 0 Å². The van der Waals surface area contributed by atoms with Crippen molar-refractivity contribution < 1.29 is 13.2 Å². The number of sulfonamides is 1. The second-order valence-corrected chi connectivity index (χ2v) is 9.59. The minimum absolute atomic E-state index is 0.0345. The van der Waals surface area contributed by atoms with E-state index in [0.29, 0.717) is 23.2 Å². The van der Waals surface area contributed by atoms with Crippen molar-refractivity contribution in [2.24, 2.45) is 5.92 Å². The van der Waals surface area contributed by atoms with Crippen molar-refractivity contribution in [1.82, 2.24) is 5.32 Å². The molecule has 8 heteroatoms. The Hall–Kier alpha value is -2.02. The molecule has 2 aromatic rings. The molecule has 156 valence electrons. The summed E-state index contributed by atoms with van der Waals surface area (Å²) < 4.78 is 27.7. The van der Waals surface area contributed by atoms with E-state index in [4.69, 9.17) is 23.2 Å². The quantitative estimate of drug-likeness (QED) is 0.532. The van der Waals surface area contributed by atoms with Gasteiger partial charge in [-0.1, -0.05) is 43.1 Å². The number of nitrogens with zero attached hydrogens (tertiary/aromatic N) is 1. The lowest BCUT2D eigenvalue weighted by molar-refractivity contribution is 0.0952. The molecule has 1 N–H and O–H groups in total. The molecular formula is C21H24Cl2N2O3S. The van der Waals surface area contributed by atoms with Gasteiger partial charge in [0.1, 0.15) is 0 Å². The molecule has 0 saturated carbocycles. The summed E-state index contributed by atoms with van der Waals surface area (Å²) in [4.78, 5) is 12.5. The summed E-state index contributed by atoms with van der Waals surface area (Å²) in [6.07, 6.45) is 2.30. The predicted octanol–water partition coefficient (Wildman–Crippen LogP) is 5.15. The second kappa shape index (κ2) is 10.1. The Morgan fingerprint density at radius 2 is 1.83 bits per heavy atom. The molecule has 29 heavy (non-hydrogen) atoms. The van der Waals surface area contributed by atoms with Crippen LogP contribution in [0.25, 0.3) is 0 Å². The maximum Gasteiger partial charge on any atom is 0.264 e. The number of hydrogen-bond donors (Lipinski definition) is 1. The van der Waals surface area contributed by atoms with E-state index in [0.717, 1.165) is 6.42 Å². The third-order valence-corrected chi connectivity index (χ3v) is 6.56. The van der Waals surface area contributed by atoms with E-state index in [1.165, 1.54) is 28.6 Å². The van der Waals surface area contributed by atoms with Gasteiger partial charge in [0.2, 0.25) is 0 Å². The van der Waals surface area contributed by atoms with E-state index in [-0.39, 0.29) is 22.0 Å². The first-order chi connectivity index (χ1) is 13.7. The van der Waals surface area contributed by atoms with Crippen LogP contribution < -0.4 is 9.62 Å². The Morgan fingerprint density at radius 3 is 2.41 bits per heavy atom. The van der Waals surface area contributed by atoms with Crippen LogP contribution in [0.4, 0.5) is 5.69 Å². The van der Waals surface area contributed by atoms with E-state index in [9.17, 15) is 13.2 Å². The molecule has 0 saturated heterocycles. The van der Waals surface area contributed by atoms with Crippen LogP contribution in [0, 0.1) is 5.92 Å². The van der Waals surface area contributed by atoms with Gasteiger partial charge in [0.15, 0.2) is 0 Å². The minimum Gasteiger partial charge on any atom is -0.352 e. The molecule has 0 aliphatic rings. The number of nitrogens with one attached hydrogen (secondary N) is 1. The van der Waals surface area contributed by atoms with Crippen molar-refractivity contribution in [3.05, 3.63) is 70.7 Å². The fraction of sp³-hybridized carbons (Fsp3) is 0.286. The Bertz CT molecular complexity index is 974. The minimum atomic E-state index is -3.96. The zero-order valence-electron chi connectivity index (χ0n) is 16.4. The molecular weight excluding hydrogens is 431 g/mol. The van der Waals surface area contributed by atoms with Crippen molar-refractivity contribution in [3.8, 4) is 0 Å². The number of rotatable bonds is 9. The van der Waals surface area contributed by atoms with Gasteiger partial charge in [-0.2, -0.15) is 0 Å². The highest BCUT2D eigenvalue weighted by atomic mass is 35.5. The van der Waals surface area contributed by atoms with Gasteiger partial charge in [0.05, 0.1) is 27.7 Å². The van der Waals surface area contributed by atoms with Gasteiger partial charge in [-0.15, -0.1) is 6.58 Å². The Balaban J connectivity index is 2.39. The summed E-state index contributed by atoms with van der Waals surface area (Å²) in [5.41, 5.74) is 0.554. The summed E-state index contributed by atoms with van der Waals surface area (Å²) in [6, 6.07) is 10.5. The molecule has 0 aromatic heterocycles. The van der Waals surface area contributed by atoms with Crippen molar-refractivity contribution in [1.29, 1.82) is 0 Å². The van der Waals surface area contributed by atoms with E-state index in [2.05, 4.69) is 25.7 Å². The first kappa shape index (κ1) is 23.3. The second-order valence-electron chi connectivity index (χ2n) is 6.88. The number of hydrogen-bond acceptors (Lipinski definition) is 3.